The Kier molecular flexibility index (Phi) is 18.3. The summed E-state index contributed by atoms with van der Waals surface area (Å²) in [5, 5.41) is 0. The molecule has 0 amide bonds. The van der Waals surface area contributed by atoms with Gasteiger partial charge in [-0.1, -0.05) is 103 Å². The van der Waals surface area contributed by atoms with Crippen molar-refractivity contribution in [2.24, 2.45) is 0 Å². The molecule has 0 saturated carbocycles. The molecule has 0 aliphatic rings. The predicted molar refractivity (Wildman–Crippen MR) is 158 cm³/mol. The van der Waals surface area contributed by atoms with Crippen LogP contribution in [0.3, 0.4) is 0 Å². The van der Waals surface area contributed by atoms with Crippen LogP contribution in [0.5, 0.6) is 0 Å². The zero-order chi connectivity index (χ0) is 28.9. The molecule has 12 heteroatoms. The number of hydrogen-bond acceptors (Lipinski definition) is 9. The molecule has 11 nitrogen and oxygen atoms in total. The monoisotopic (exact) mass is 585 g/mol. The number of methoxy groups -OCH3 is 1. The standard InChI is InChI=1S/C28H52N5O6P/c1-3-4-5-6-7-8-9-10-11-12-13-14-15-16-17-18-19-37-23-39-40(34,35)24-38-25(36-2)20-33-22-32-26-27(29)30-21-31-28(26)33/h21-22,25H,3-20,23-24H2,1-2H3,(H,34,35)(H2,29,30,31)/t25-/m0/s1. The lowest BCUT2D eigenvalue weighted by Gasteiger charge is -2.19. The van der Waals surface area contributed by atoms with Gasteiger partial charge in [0.05, 0.1) is 12.9 Å². The Morgan fingerprint density at radius 1 is 0.900 bits per heavy atom. The predicted octanol–water partition coefficient (Wildman–Crippen LogP) is 6.79. The highest BCUT2D eigenvalue weighted by Gasteiger charge is 2.23. The summed E-state index contributed by atoms with van der Waals surface area (Å²) in [6.45, 7) is 2.71. The Morgan fingerprint density at radius 2 is 1.48 bits per heavy atom. The molecule has 3 N–H and O–H groups in total. The largest absolute Gasteiger partial charge is 0.382 e. The van der Waals surface area contributed by atoms with Gasteiger partial charge in [0.1, 0.15) is 11.8 Å². The highest BCUT2D eigenvalue weighted by atomic mass is 31.2. The number of ether oxygens (including phenoxy) is 3. The number of nitrogens with two attached hydrogens (primary N) is 1. The van der Waals surface area contributed by atoms with Gasteiger partial charge in [0.2, 0.25) is 0 Å². The number of imidazole rings is 1. The van der Waals surface area contributed by atoms with Gasteiger partial charge in [0, 0.05) is 13.7 Å². The smallest absolute Gasteiger partial charge is 0.355 e. The number of unbranched alkanes of at least 4 members (excludes halogenated alkanes) is 15. The molecule has 2 heterocycles. The molecule has 0 radical (unpaired) electrons. The third-order valence-electron chi connectivity index (χ3n) is 6.94. The van der Waals surface area contributed by atoms with Crippen LogP contribution in [0.25, 0.3) is 11.2 Å². The molecule has 0 saturated heterocycles. The molecule has 2 aromatic rings. The summed E-state index contributed by atoms with van der Waals surface area (Å²) in [4.78, 5) is 22.3. The number of fused-ring (bicyclic) bond motifs is 1. The average molecular weight is 586 g/mol. The first-order valence-corrected chi connectivity index (χ1v) is 16.8. The molecule has 0 aromatic carbocycles. The van der Waals surface area contributed by atoms with Crippen molar-refractivity contribution in [2.75, 3.05) is 32.6 Å². The van der Waals surface area contributed by atoms with E-state index in [0.717, 1.165) is 12.8 Å². The lowest BCUT2D eigenvalue weighted by atomic mass is 10.0. The van der Waals surface area contributed by atoms with Crippen molar-refractivity contribution in [2.45, 2.75) is 122 Å². The van der Waals surface area contributed by atoms with E-state index in [0.29, 0.717) is 17.8 Å². The van der Waals surface area contributed by atoms with E-state index in [4.69, 9.17) is 24.5 Å². The Morgan fingerprint density at radius 3 is 2.05 bits per heavy atom. The normalized spacial score (nSPS) is 14.1. The van der Waals surface area contributed by atoms with Crippen LogP contribution in [0.15, 0.2) is 12.7 Å². The highest BCUT2D eigenvalue weighted by molar-refractivity contribution is 7.52. The summed E-state index contributed by atoms with van der Waals surface area (Å²) in [5.41, 5.74) is 6.79. The van der Waals surface area contributed by atoms with Crippen LogP contribution in [0.2, 0.25) is 0 Å². The van der Waals surface area contributed by atoms with Gasteiger partial charge in [-0.05, 0) is 6.42 Å². The van der Waals surface area contributed by atoms with Crippen LogP contribution in [0.1, 0.15) is 110 Å². The zero-order valence-electron chi connectivity index (χ0n) is 24.7. The van der Waals surface area contributed by atoms with Crippen molar-refractivity contribution in [1.82, 2.24) is 19.5 Å². The number of anilines is 1. The second kappa shape index (κ2) is 21.1. The van der Waals surface area contributed by atoms with Crippen LogP contribution in [0.4, 0.5) is 5.82 Å². The topological polar surface area (TPSA) is 144 Å². The number of rotatable bonds is 26. The fourth-order valence-electron chi connectivity index (χ4n) is 4.53. The quantitative estimate of drug-likeness (QED) is 0.0687. The summed E-state index contributed by atoms with van der Waals surface area (Å²) >= 11 is 0. The van der Waals surface area contributed by atoms with E-state index in [9.17, 15) is 9.46 Å². The molecule has 0 fully saturated rings. The SMILES string of the molecule is CCCCCCCCCCCCCCCCCCOCOP(=O)(O)CO[C@@H](Cn1cnc2c(N)ncnc21)OC. The van der Waals surface area contributed by atoms with Crippen molar-refractivity contribution in [3.05, 3.63) is 12.7 Å². The summed E-state index contributed by atoms with van der Waals surface area (Å²) in [5.74, 6) is 0.270. The van der Waals surface area contributed by atoms with Crippen molar-refractivity contribution < 1.29 is 28.2 Å². The lowest BCUT2D eigenvalue weighted by molar-refractivity contribution is -0.122. The number of aromatic nitrogens is 4. The minimum Gasteiger partial charge on any atom is -0.382 e. The maximum Gasteiger partial charge on any atom is 0.355 e. The van der Waals surface area contributed by atoms with E-state index in [2.05, 4.69) is 21.9 Å². The van der Waals surface area contributed by atoms with Gasteiger partial charge in [-0.2, -0.15) is 0 Å². The third kappa shape index (κ3) is 14.8. The molecule has 2 rings (SSSR count). The van der Waals surface area contributed by atoms with Crippen molar-refractivity contribution >= 4 is 24.6 Å². The zero-order valence-corrected chi connectivity index (χ0v) is 25.6. The summed E-state index contributed by atoms with van der Waals surface area (Å²) in [6.07, 6.45) is 22.5. The molecular formula is C28H52N5O6P. The minimum absolute atomic E-state index is 0.194. The van der Waals surface area contributed by atoms with Gasteiger partial charge >= 0.3 is 7.60 Å². The van der Waals surface area contributed by atoms with Gasteiger partial charge in [-0.25, -0.2) is 15.0 Å². The molecule has 40 heavy (non-hydrogen) atoms. The van der Waals surface area contributed by atoms with Crippen LogP contribution in [0, 0.1) is 0 Å². The maximum atomic E-state index is 12.3. The van der Waals surface area contributed by atoms with E-state index >= 15 is 0 Å². The Labute approximate surface area is 240 Å². The van der Waals surface area contributed by atoms with Crippen molar-refractivity contribution in [3.8, 4) is 0 Å². The van der Waals surface area contributed by atoms with Crippen LogP contribution < -0.4 is 5.73 Å². The maximum absolute atomic E-state index is 12.3. The summed E-state index contributed by atoms with van der Waals surface area (Å²) < 4.78 is 35.1. The van der Waals surface area contributed by atoms with Crippen LogP contribution >= 0.6 is 7.60 Å². The van der Waals surface area contributed by atoms with E-state index in [-0.39, 0.29) is 19.2 Å². The fourth-order valence-corrected chi connectivity index (χ4v) is 5.20. The van der Waals surface area contributed by atoms with Crippen molar-refractivity contribution in [3.63, 3.8) is 0 Å². The second-order valence-corrected chi connectivity index (χ2v) is 12.2. The first kappa shape index (κ1) is 34.6. The van der Waals surface area contributed by atoms with Gasteiger partial charge in [-0.15, -0.1) is 0 Å². The fraction of sp³-hybridized carbons (Fsp3) is 0.821. The molecule has 0 bridgehead atoms. The number of nitrogen functional groups attached to an aromatic ring is 1. The highest BCUT2D eigenvalue weighted by Crippen LogP contribution is 2.42. The molecule has 1 unspecified atom stereocenters. The molecule has 2 atom stereocenters. The van der Waals surface area contributed by atoms with Crippen LogP contribution in [-0.4, -0.2) is 57.6 Å². The molecule has 0 aliphatic heterocycles. The molecule has 0 spiro atoms. The van der Waals surface area contributed by atoms with Gasteiger partial charge in [0.15, 0.2) is 30.9 Å². The summed E-state index contributed by atoms with van der Waals surface area (Å²) in [6, 6.07) is 0. The van der Waals surface area contributed by atoms with Gasteiger partial charge in [-0.3, -0.25) is 9.09 Å². The Balaban J connectivity index is 1.41. The first-order chi connectivity index (χ1) is 19.5. The van der Waals surface area contributed by atoms with E-state index in [1.54, 1.807) is 4.57 Å². The molecule has 2 aromatic heterocycles. The average Bonchev–Trinajstić information content (AvgIpc) is 3.36. The Hall–Kier alpha value is -1.62. The van der Waals surface area contributed by atoms with E-state index in [1.165, 1.54) is 110 Å². The number of nitrogens with zero attached hydrogens (tertiary/aromatic N) is 4. The number of hydrogen-bond donors (Lipinski definition) is 2. The Bertz CT molecular complexity index is 962. The van der Waals surface area contributed by atoms with E-state index in [1.807, 2.05) is 0 Å². The van der Waals surface area contributed by atoms with Gasteiger partial charge < -0.3 is 29.4 Å². The van der Waals surface area contributed by atoms with Gasteiger partial charge in [0.25, 0.3) is 0 Å². The molecular weight excluding hydrogens is 533 g/mol. The minimum atomic E-state index is -4.00. The van der Waals surface area contributed by atoms with Crippen LogP contribution in [-0.2, 0) is 29.8 Å². The lowest BCUT2D eigenvalue weighted by Crippen LogP contribution is -2.23. The first-order valence-electron chi connectivity index (χ1n) is 15.1. The van der Waals surface area contributed by atoms with E-state index < -0.39 is 20.2 Å². The second-order valence-electron chi connectivity index (χ2n) is 10.4. The molecule has 230 valence electrons. The third-order valence-corrected chi connectivity index (χ3v) is 7.93. The molecule has 0 aliphatic carbocycles. The summed E-state index contributed by atoms with van der Waals surface area (Å²) in [7, 11) is -2.55. The van der Waals surface area contributed by atoms with Crippen molar-refractivity contribution in [1.29, 1.82) is 0 Å².